The molecule has 1 N–H and O–H groups in total. The molecule has 0 unspecified atom stereocenters. The van der Waals surface area contributed by atoms with E-state index in [0.29, 0.717) is 0 Å². The zero-order valence-corrected chi connectivity index (χ0v) is 15.0. The number of carbonyl (C=O) groups excluding carboxylic acids is 2. The molecule has 0 saturated heterocycles. The minimum absolute atomic E-state index is 0.148. The summed E-state index contributed by atoms with van der Waals surface area (Å²) in [4.78, 5) is 24.7. The van der Waals surface area contributed by atoms with E-state index in [2.05, 4.69) is 17.5 Å². The number of rotatable bonds is 7. The van der Waals surface area contributed by atoms with Crippen LogP contribution in [0.1, 0.15) is 30.9 Å². The fraction of sp³-hybridized carbons (Fsp3) is 0.500. The molecule has 0 aromatic heterocycles. The van der Waals surface area contributed by atoms with Gasteiger partial charge in [-0.1, -0.05) is 17.7 Å². The van der Waals surface area contributed by atoms with Crippen LogP contribution in [0.25, 0.3) is 0 Å². The Balaban J connectivity index is 1.74. The highest BCUT2D eigenvalue weighted by molar-refractivity contribution is 8.00. The second kappa shape index (κ2) is 7.71. The number of hydrogen-bond acceptors (Lipinski definition) is 5. The van der Waals surface area contributed by atoms with Gasteiger partial charge in [-0.25, -0.2) is 0 Å². The summed E-state index contributed by atoms with van der Waals surface area (Å²) in [7, 11) is 0. The number of nitriles is 1. The van der Waals surface area contributed by atoms with E-state index in [1.807, 2.05) is 26.0 Å². The fourth-order valence-corrected chi connectivity index (χ4v) is 3.30. The molecule has 0 spiro atoms. The monoisotopic (exact) mass is 346 g/mol. The second-order valence-electron chi connectivity index (χ2n) is 6.35. The Kier molecular flexibility index (Phi) is 5.89. The molecular weight excluding hydrogens is 324 g/mol. The van der Waals surface area contributed by atoms with E-state index in [4.69, 9.17) is 4.74 Å². The minimum atomic E-state index is -0.864. The molecule has 0 bridgehead atoms. The summed E-state index contributed by atoms with van der Waals surface area (Å²) in [5, 5.41) is 11.9. The molecular formula is C18H22N2O3S. The first-order valence-corrected chi connectivity index (χ1v) is 8.90. The number of carbonyl (C=O) groups is 2. The van der Waals surface area contributed by atoms with E-state index < -0.39 is 17.4 Å². The van der Waals surface area contributed by atoms with E-state index in [-0.39, 0.29) is 18.3 Å². The first-order valence-electron chi connectivity index (χ1n) is 7.92. The van der Waals surface area contributed by atoms with Crippen LogP contribution in [0.4, 0.5) is 0 Å². The number of thioether (sulfide) groups is 1. The third-order valence-corrected chi connectivity index (χ3v) is 5.21. The molecule has 1 atom stereocenters. The molecule has 1 saturated carbocycles. The van der Waals surface area contributed by atoms with Crippen LogP contribution in [0, 0.1) is 31.1 Å². The lowest BCUT2D eigenvalue weighted by Crippen LogP contribution is -2.48. The molecule has 6 heteroatoms. The molecule has 0 radical (unpaired) electrons. The van der Waals surface area contributed by atoms with Crippen molar-refractivity contribution in [2.45, 2.75) is 44.0 Å². The molecule has 1 aromatic carbocycles. The Morgan fingerprint density at radius 1 is 1.42 bits per heavy atom. The average molecular weight is 346 g/mol. The van der Waals surface area contributed by atoms with Crippen molar-refractivity contribution in [3.8, 4) is 6.07 Å². The SMILES string of the molecule is Cc1ccc(SCC(=O)OCC(=O)N[C@@](C)(C#N)C2CC2)c(C)c1. The summed E-state index contributed by atoms with van der Waals surface area (Å²) < 4.78 is 5.00. The predicted molar refractivity (Wildman–Crippen MR) is 92.5 cm³/mol. The normalized spacial score (nSPS) is 15.9. The van der Waals surface area contributed by atoms with Crippen molar-refractivity contribution in [2.75, 3.05) is 12.4 Å². The van der Waals surface area contributed by atoms with Gasteiger partial charge in [0.1, 0.15) is 5.54 Å². The number of ether oxygens (including phenoxy) is 1. The number of esters is 1. The molecule has 0 heterocycles. The third-order valence-electron chi connectivity index (χ3n) is 4.07. The summed E-state index contributed by atoms with van der Waals surface area (Å²) in [5.74, 6) is -0.534. The topological polar surface area (TPSA) is 79.2 Å². The van der Waals surface area contributed by atoms with Crippen LogP contribution in [0.5, 0.6) is 0 Å². The van der Waals surface area contributed by atoms with E-state index in [1.54, 1.807) is 6.92 Å². The Bertz CT molecular complexity index is 679. The summed E-state index contributed by atoms with van der Waals surface area (Å²) in [6, 6.07) is 8.17. The van der Waals surface area contributed by atoms with E-state index in [9.17, 15) is 14.9 Å². The van der Waals surface area contributed by atoms with Crippen molar-refractivity contribution in [1.82, 2.24) is 5.32 Å². The predicted octanol–water partition coefficient (Wildman–Crippen LogP) is 2.75. The molecule has 5 nitrogen and oxygen atoms in total. The summed E-state index contributed by atoms with van der Waals surface area (Å²) in [6.45, 7) is 5.37. The van der Waals surface area contributed by atoms with Gasteiger partial charge >= 0.3 is 5.97 Å². The number of aryl methyl sites for hydroxylation is 2. The smallest absolute Gasteiger partial charge is 0.316 e. The molecule has 1 amide bonds. The van der Waals surface area contributed by atoms with Crippen LogP contribution >= 0.6 is 11.8 Å². The molecule has 0 aliphatic heterocycles. The minimum Gasteiger partial charge on any atom is -0.455 e. The van der Waals surface area contributed by atoms with Gasteiger partial charge in [0.2, 0.25) is 0 Å². The number of nitrogens with one attached hydrogen (secondary N) is 1. The highest BCUT2D eigenvalue weighted by atomic mass is 32.2. The molecule has 1 fully saturated rings. The van der Waals surface area contributed by atoms with Crippen molar-refractivity contribution in [2.24, 2.45) is 5.92 Å². The Labute approximate surface area is 146 Å². The highest BCUT2D eigenvalue weighted by Crippen LogP contribution is 2.39. The van der Waals surface area contributed by atoms with Crippen molar-refractivity contribution in [3.05, 3.63) is 29.3 Å². The van der Waals surface area contributed by atoms with Crippen molar-refractivity contribution >= 4 is 23.6 Å². The maximum atomic E-state index is 11.9. The lowest BCUT2D eigenvalue weighted by molar-refractivity contribution is -0.146. The van der Waals surface area contributed by atoms with Gasteiger partial charge in [0.15, 0.2) is 6.61 Å². The Morgan fingerprint density at radius 3 is 2.71 bits per heavy atom. The zero-order chi connectivity index (χ0) is 17.7. The van der Waals surface area contributed by atoms with E-state index in [0.717, 1.165) is 23.3 Å². The molecule has 1 aromatic rings. The molecule has 1 aliphatic rings. The van der Waals surface area contributed by atoms with Crippen LogP contribution in [0.15, 0.2) is 23.1 Å². The molecule has 2 rings (SSSR count). The van der Waals surface area contributed by atoms with E-state index >= 15 is 0 Å². The van der Waals surface area contributed by atoms with Crippen LogP contribution in [-0.4, -0.2) is 29.8 Å². The number of amides is 1. The van der Waals surface area contributed by atoms with Gasteiger partial charge in [0, 0.05) is 4.90 Å². The van der Waals surface area contributed by atoms with Crippen molar-refractivity contribution < 1.29 is 14.3 Å². The van der Waals surface area contributed by atoms with Crippen LogP contribution in [0.2, 0.25) is 0 Å². The largest absolute Gasteiger partial charge is 0.455 e. The van der Waals surface area contributed by atoms with Crippen molar-refractivity contribution in [1.29, 1.82) is 5.26 Å². The molecule has 128 valence electrons. The number of hydrogen-bond donors (Lipinski definition) is 1. The maximum absolute atomic E-state index is 11.9. The summed E-state index contributed by atoms with van der Waals surface area (Å²) in [5.41, 5.74) is 1.42. The van der Waals surface area contributed by atoms with Gasteiger partial charge < -0.3 is 10.1 Å². The first kappa shape index (κ1) is 18.3. The Hall–Kier alpha value is -2.00. The van der Waals surface area contributed by atoms with Crippen LogP contribution in [0.3, 0.4) is 0 Å². The lowest BCUT2D eigenvalue weighted by atomic mass is 9.98. The second-order valence-corrected chi connectivity index (χ2v) is 7.37. The lowest BCUT2D eigenvalue weighted by Gasteiger charge is -2.22. The molecule has 1 aliphatic carbocycles. The van der Waals surface area contributed by atoms with Gasteiger partial charge in [-0.3, -0.25) is 9.59 Å². The van der Waals surface area contributed by atoms with Gasteiger partial charge in [-0.2, -0.15) is 5.26 Å². The average Bonchev–Trinajstić information content (AvgIpc) is 3.37. The van der Waals surface area contributed by atoms with Gasteiger partial charge in [-0.05, 0) is 51.2 Å². The maximum Gasteiger partial charge on any atom is 0.316 e. The highest BCUT2D eigenvalue weighted by Gasteiger charge is 2.43. The van der Waals surface area contributed by atoms with Gasteiger partial charge in [0.25, 0.3) is 5.91 Å². The third kappa shape index (κ3) is 5.00. The van der Waals surface area contributed by atoms with E-state index in [1.165, 1.54) is 17.3 Å². The van der Waals surface area contributed by atoms with Crippen LogP contribution in [-0.2, 0) is 14.3 Å². The quantitative estimate of drug-likeness (QED) is 0.607. The fourth-order valence-electron chi connectivity index (χ4n) is 2.49. The zero-order valence-electron chi connectivity index (χ0n) is 14.2. The van der Waals surface area contributed by atoms with Crippen LogP contribution < -0.4 is 5.32 Å². The standard InChI is InChI=1S/C18H22N2O3S/c1-12-4-7-15(13(2)8-12)24-10-17(22)23-9-16(21)20-18(3,11-19)14-5-6-14/h4,7-8,14H,5-6,9-10H2,1-3H3,(H,20,21)/t18-/m0/s1. The number of nitrogens with zero attached hydrogens (tertiary/aromatic N) is 1. The Morgan fingerprint density at radius 2 is 2.12 bits per heavy atom. The summed E-state index contributed by atoms with van der Waals surface area (Å²) in [6.07, 6.45) is 1.88. The van der Waals surface area contributed by atoms with Gasteiger partial charge in [-0.15, -0.1) is 11.8 Å². The number of benzene rings is 1. The molecule has 24 heavy (non-hydrogen) atoms. The summed E-state index contributed by atoms with van der Waals surface area (Å²) >= 11 is 1.39. The van der Waals surface area contributed by atoms with Crippen molar-refractivity contribution in [3.63, 3.8) is 0 Å². The van der Waals surface area contributed by atoms with Gasteiger partial charge in [0.05, 0.1) is 11.8 Å². The first-order chi connectivity index (χ1) is 11.3.